The maximum absolute atomic E-state index is 11.9. The Balaban J connectivity index is 2.40. The van der Waals surface area contributed by atoms with E-state index in [4.69, 9.17) is 0 Å². The van der Waals surface area contributed by atoms with E-state index in [1.165, 1.54) is 0 Å². The summed E-state index contributed by atoms with van der Waals surface area (Å²) >= 11 is 0. The average Bonchev–Trinajstić information content (AvgIpc) is 2.47. The molecule has 0 aliphatic carbocycles. The fourth-order valence-corrected chi connectivity index (χ4v) is 2.62. The van der Waals surface area contributed by atoms with Crippen molar-refractivity contribution in [3.8, 4) is 0 Å². The molecule has 6 nitrogen and oxygen atoms in total. The predicted octanol–water partition coefficient (Wildman–Crippen LogP) is 1.45. The SMILES string of the molecule is CCCc1cc(C(=O)O)cc(N2CCNC(=O)C2CC)n1. The van der Waals surface area contributed by atoms with Gasteiger partial charge in [0.05, 0.1) is 5.56 Å². The molecule has 1 aliphatic rings. The molecule has 6 heteroatoms. The van der Waals surface area contributed by atoms with Crippen LogP contribution in [0.25, 0.3) is 0 Å². The van der Waals surface area contributed by atoms with Gasteiger partial charge in [-0.2, -0.15) is 0 Å². The first kappa shape index (κ1) is 15.3. The van der Waals surface area contributed by atoms with Crippen molar-refractivity contribution in [2.24, 2.45) is 0 Å². The minimum absolute atomic E-state index is 0.0247. The summed E-state index contributed by atoms with van der Waals surface area (Å²) in [5.74, 6) is -0.408. The molecule has 0 aromatic carbocycles. The second-order valence-corrected chi connectivity index (χ2v) is 5.17. The van der Waals surface area contributed by atoms with Crippen LogP contribution in [0.4, 0.5) is 5.82 Å². The molecule has 1 aromatic heterocycles. The highest BCUT2D eigenvalue weighted by Crippen LogP contribution is 2.21. The number of aromatic nitrogens is 1. The van der Waals surface area contributed by atoms with Crippen molar-refractivity contribution in [3.63, 3.8) is 0 Å². The highest BCUT2D eigenvalue weighted by molar-refractivity contribution is 5.90. The number of nitrogens with zero attached hydrogens (tertiary/aromatic N) is 2. The maximum atomic E-state index is 11.9. The molecule has 2 rings (SSSR count). The van der Waals surface area contributed by atoms with Gasteiger partial charge in [-0.1, -0.05) is 20.3 Å². The first-order valence-corrected chi connectivity index (χ1v) is 7.35. The number of aryl methyl sites for hydroxylation is 1. The van der Waals surface area contributed by atoms with Crippen LogP contribution in [0.1, 0.15) is 42.7 Å². The van der Waals surface area contributed by atoms with Crippen LogP contribution >= 0.6 is 0 Å². The van der Waals surface area contributed by atoms with E-state index in [-0.39, 0.29) is 17.5 Å². The molecule has 1 amide bonds. The molecule has 2 N–H and O–H groups in total. The number of carbonyl (C=O) groups is 2. The Kier molecular flexibility index (Phi) is 4.77. The highest BCUT2D eigenvalue weighted by Gasteiger charge is 2.29. The fourth-order valence-electron chi connectivity index (χ4n) is 2.62. The van der Waals surface area contributed by atoms with Crippen molar-refractivity contribution in [1.82, 2.24) is 10.3 Å². The molecule has 1 unspecified atom stereocenters. The number of nitrogens with one attached hydrogen (secondary N) is 1. The largest absolute Gasteiger partial charge is 0.478 e. The lowest BCUT2D eigenvalue weighted by atomic mass is 10.1. The molecule has 1 aliphatic heterocycles. The Labute approximate surface area is 124 Å². The van der Waals surface area contributed by atoms with E-state index in [1.54, 1.807) is 12.1 Å². The Morgan fingerprint density at radius 2 is 2.24 bits per heavy atom. The normalized spacial score (nSPS) is 18.5. The van der Waals surface area contributed by atoms with Crippen LogP contribution in [0.15, 0.2) is 12.1 Å². The number of hydrogen-bond donors (Lipinski definition) is 2. The summed E-state index contributed by atoms with van der Waals surface area (Å²) < 4.78 is 0. The third-order valence-corrected chi connectivity index (χ3v) is 3.63. The van der Waals surface area contributed by atoms with Crippen LogP contribution in [0.5, 0.6) is 0 Å². The van der Waals surface area contributed by atoms with E-state index in [0.717, 1.165) is 18.5 Å². The fraction of sp³-hybridized carbons (Fsp3) is 0.533. The molecule has 2 heterocycles. The van der Waals surface area contributed by atoms with Gasteiger partial charge in [-0.3, -0.25) is 4.79 Å². The number of aromatic carboxylic acids is 1. The van der Waals surface area contributed by atoms with Gasteiger partial charge in [0.15, 0.2) is 0 Å². The van der Waals surface area contributed by atoms with Gasteiger partial charge in [0.25, 0.3) is 0 Å². The number of pyridine rings is 1. The van der Waals surface area contributed by atoms with E-state index in [2.05, 4.69) is 10.3 Å². The molecule has 114 valence electrons. The van der Waals surface area contributed by atoms with Gasteiger partial charge in [-0.25, -0.2) is 9.78 Å². The average molecular weight is 291 g/mol. The minimum atomic E-state index is -0.967. The third kappa shape index (κ3) is 3.32. The van der Waals surface area contributed by atoms with E-state index in [9.17, 15) is 14.7 Å². The van der Waals surface area contributed by atoms with E-state index in [0.29, 0.717) is 25.3 Å². The molecule has 1 atom stereocenters. The Hall–Kier alpha value is -2.11. The second-order valence-electron chi connectivity index (χ2n) is 5.17. The summed E-state index contributed by atoms with van der Waals surface area (Å²) in [6.45, 7) is 5.16. The topological polar surface area (TPSA) is 82.5 Å². The van der Waals surface area contributed by atoms with Gasteiger partial charge in [0.2, 0.25) is 5.91 Å². The number of carboxylic acids is 1. The van der Waals surface area contributed by atoms with Crippen LogP contribution < -0.4 is 10.2 Å². The van der Waals surface area contributed by atoms with E-state index >= 15 is 0 Å². The van der Waals surface area contributed by atoms with Crippen molar-refractivity contribution >= 4 is 17.7 Å². The maximum Gasteiger partial charge on any atom is 0.335 e. The lowest BCUT2D eigenvalue weighted by Gasteiger charge is -2.35. The number of anilines is 1. The van der Waals surface area contributed by atoms with Gasteiger partial charge in [0, 0.05) is 18.8 Å². The Bertz CT molecular complexity index is 545. The zero-order valence-corrected chi connectivity index (χ0v) is 12.4. The van der Waals surface area contributed by atoms with Crippen molar-refractivity contribution in [2.45, 2.75) is 39.2 Å². The second kappa shape index (κ2) is 6.56. The smallest absolute Gasteiger partial charge is 0.335 e. The number of rotatable bonds is 5. The molecule has 0 bridgehead atoms. The number of carbonyl (C=O) groups excluding carboxylic acids is 1. The summed E-state index contributed by atoms with van der Waals surface area (Å²) in [6.07, 6.45) is 2.28. The van der Waals surface area contributed by atoms with Gasteiger partial charge < -0.3 is 15.3 Å². The highest BCUT2D eigenvalue weighted by atomic mass is 16.4. The van der Waals surface area contributed by atoms with Crippen molar-refractivity contribution < 1.29 is 14.7 Å². The molecular formula is C15H21N3O3. The van der Waals surface area contributed by atoms with Crippen LogP contribution in [0.2, 0.25) is 0 Å². The lowest BCUT2D eigenvalue weighted by molar-refractivity contribution is -0.123. The van der Waals surface area contributed by atoms with Crippen molar-refractivity contribution in [2.75, 3.05) is 18.0 Å². The standard InChI is InChI=1S/C15H21N3O3/c1-3-5-11-8-10(15(20)21)9-13(17-11)18-7-6-16-14(19)12(18)4-2/h8-9,12H,3-7H2,1-2H3,(H,16,19)(H,20,21). The third-order valence-electron chi connectivity index (χ3n) is 3.63. The monoisotopic (exact) mass is 291 g/mol. The minimum Gasteiger partial charge on any atom is -0.478 e. The zero-order chi connectivity index (χ0) is 15.4. The predicted molar refractivity (Wildman–Crippen MR) is 79.6 cm³/mol. The van der Waals surface area contributed by atoms with Crippen LogP contribution in [-0.4, -0.2) is 41.1 Å². The molecule has 0 radical (unpaired) electrons. The summed E-state index contributed by atoms with van der Waals surface area (Å²) in [7, 11) is 0. The molecule has 1 saturated heterocycles. The number of hydrogen-bond acceptors (Lipinski definition) is 4. The summed E-state index contributed by atoms with van der Waals surface area (Å²) in [5, 5.41) is 12.1. The van der Waals surface area contributed by atoms with Gasteiger partial charge >= 0.3 is 5.97 Å². The molecule has 0 saturated carbocycles. The van der Waals surface area contributed by atoms with Crippen LogP contribution in [-0.2, 0) is 11.2 Å². The van der Waals surface area contributed by atoms with Gasteiger partial charge in [-0.05, 0) is 25.0 Å². The van der Waals surface area contributed by atoms with Gasteiger partial charge in [0.1, 0.15) is 11.9 Å². The molecule has 1 fully saturated rings. The van der Waals surface area contributed by atoms with E-state index in [1.807, 2.05) is 18.7 Å². The first-order chi connectivity index (χ1) is 10.1. The molecule has 1 aromatic rings. The van der Waals surface area contributed by atoms with Crippen LogP contribution in [0.3, 0.4) is 0 Å². The zero-order valence-electron chi connectivity index (χ0n) is 12.4. The Morgan fingerprint density at radius 1 is 1.48 bits per heavy atom. The van der Waals surface area contributed by atoms with E-state index < -0.39 is 5.97 Å². The Morgan fingerprint density at radius 3 is 2.86 bits per heavy atom. The molecular weight excluding hydrogens is 270 g/mol. The summed E-state index contributed by atoms with van der Waals surface area (Å²) in [6, 6.07) is 2.88. The van der Waals surface area contributed by atoms with Crippen molar-refractivity contribution in [1.29, 1.82) is 0 Å². The lowest BCUT2D eigenvalue weighted by Crippen LogP contribution is -2.55. The quantitative estimate of drug-likeness (QED) is 0.858. The first-order valence-electron chi connectivity index (χ1n) is 7.35. The summed E-state index contributed by atoms with van der Waals surface area (Å²) in [5.41, 5.74) is 0.984. The van der Waals surface area contributed by atoms with Crippen molar-refractivity contribution in [3.05, 3.63) is 23.4 Å². The number of amides is 1. The number of piperazine rings is 1. The van der Waals surface area contributed by atoms with Crippen LogP contribution in [0, 0.1) is 0 Å². The number of carboxylic acid groups (broad SMARTS) is 1. The molecule has 0 spiro atoms. The van der Waals surface area contributed by atoms with Gasteiger partial charge in [-0.15, -0.1) is 0 Å². The molecule has 21 heavy (non-hydrogen) atoms. The summed E-state index contributed by atoms with van der Waals surface area (Å²) in [4.78, 5) is 29.7.